The van der Waals surface area contributed by atoms with Crippen molar-refractivity contribution in [2.24, 2.45) is 0 Å². The molecule has 81 heavy (non-hydrogen) atoms. The summed E-state index contributed by atoms with van der Waals surface area (Å²) in [6, 6.07) is 0.311. The van der Waals surface area contributed by atoms with Crippen LogP contribution in [-0.4, -0.2) is 158 Å². The summed E-state index contributed by atoms with van der Waals surface area (Å²) in [6.07, 6.45) is 4.24. The zero-order valence-corrected chi connectivity index (χ0v) is 48.4. The average Bonchev–Trinajstić information content (AvgIpc) is 1.43. The van der Waals surface area contributed by atoms with Crippen LogP contribution in [0.5, 0.6) is 23.0 Å². The molecule has 4 amide bonds. The number of hydrogen-bond acceptors (Lipinski definition) is 13. The maximum atomic E-state index is 14.8. The third kappa shape index (κ3) is 14.3. The number of nitrogens with zero attached hydrogens (tertiary/aromatic N) is 4. The molecule has 0 unspecified atom stereocenters. The van der Waals surface area contributed by atoms with Gasteiger partial charge in [0.1, 0.15) is 40.2 Å². The van der Waals surface area contributed by atoms with Crippen LogP contribution in [0.4, 0.5) is 9.59 Å². The van der Waals surface area contributed by atoms with Gasteiger partial charge in [0.2, 0.25) is 0 Å². The van der Waals surface area contributed by atoms with Gasteiger partial charge in [-0.3, -0.25) is 18.0 Å². The van der Waals surface area contributed by atoms with Crippen molar-refractivity contribution in [1.82, 2.24) is 19.6 Å². The van der Waals surface area contributed by atoms with Gasteiger partial charge in [0.15, 0.2) is 0 Å². The normalized spacial score (nSPS) is 31.3. The molecule has 0 aromatic heterocycles. The number of allylic oxidation sites excluding steroid dienone is 8. The van der Waals surface area contributed by atoms with Crippen molar-refractivity contribution in [3.8, 4) is 23.0 Å². The molecule has 442 valence electrons. The molecule has 0 radical (unpaired) electrons. The number of aliphatic carboxylic acids is 1. The molecule has 2 saturated heterocycles. The van der Waals surface area contributed by atoms with E-state index in [1.54, 1.807) is 13.8 Å². The first-order valence-corrected chi connectivity index (χ1v) is 29.2. The number of carbonyl (C=O) groups is 5. The van der Waals surface area contributed by atoms with E-state index in [1.165, 1.54) is 4.90 Å². The molecule has 2 aromatic carbocycles. The smallest absolute Gasteiger partial charge is 0.415 e. The first kappa shape index (κ1) is 42.9. The number of rotatable bonds is 20. The first-order chi connectivity index (χ1) is 44.5. The summed E-state index contributed by atoms with van der Waals surface area (Å²) in [7, 11) is -7.08. The van der Waals surface area contributed by atoms with E-state index in [-0.39, 0.29) is 90.1 Å². The molecule has 0 aliphatic carbocycles. The van der Waals surface area contributed by atoms with Gasteiger partial charge >= 0.3 is 18.2 Å². The predicted molar refractivity (Wildman–Crippen MR) is 310 cm³/mol. The van der Waals surface area contributed by atoms with E-state index >= 15 is 0 Å². The lowest BCUT2D eigenvalue weighted by Gasteiger charge is -2.41. The summed E-state index contributed by atoms with van der Waals surface area (Å²) in [5.41, 5.74) is -13.8. The summed E-state index contributed by atoms with van der Waals surface area (Å²) in [5, 5.41) is 34.6. The minimum absolute atomic E-state index is 0.0541. The van der Waals surface area contributed by atoms with Crippen LogP contribution in [0.2, 0.25) is 0 Å². The zero-order valence-electron chi connectivity index (χ0n) is 62.7. The molecular formula is C61H82N4O14S2. The Balaban J connectivity index is 1.10. The lowest BCUT2D eigenvalue weighted by molar-refractivity contribution is -0.142. The van der Waals surface area contributed by atoms with Crippen LogP contribution in [-0.2, 0) is 52.3 Å². The first-order valence-electron chi connectivity index (χ1n) is 34.9. The molecule has 5 atom stereocenters. The quantitative estimate of drug-likeness (QED) is 0.105. The lowest BCUT2D eigenvalue weighted by Crippen LogP contribution is -2.49. The molecule has 2 fully saturated rings. The number of fused-ring (bicyclic) bond motifs is 6. The van der Waals surface area contributed by atoms with E-state index in [1.807, 2.05) is 53.7 Å². The van der Waals surface area contributed by atoms with Crippen LogP contribution < -0.4 is 18.9 Å². The molecule has 6 heterocycles. The molecule has 6 aliphatic rings. The molecule has 0 bridgehead atoms. The highest BCUT2D eigenvalue weighted by Crippen LogP contribution is 2.49. The number of aliphatic hydroxyl groups excluding tert-OH is 2. The van der Waals surface area contributed by atoms with Crippen molar-refractivity contribution in [2.45, 2.75) is 175 Å². The van der Waals surface area contributed by atoms with Crippen LogP contribution in [0.3, 0.4) is 0 Å². The second-order valence-electron chi connectivity index (χ2n) is 22.0. The Kier molecular flexibility index (Phi) is 13.9. The number of benzene rings is 2. The second kappa shape index (κ2) is 26.2. The molecule has 0 spiro atoms. The molecule has 20 heteroatoms. The summed E-state index contributed by atoms with van der Waals surface area (Å²) >= 11 is 0. The molecule has 18 nitrogen and oxygen atoms in total. The maximum absolute atomic E-state index is 14.8. The SMILES string of the molecule is [2H]C1([2H])N(C(=O)Oc2cc3c(c4c2C[C@H](O)[C@@](C)(CC/C=C(\C)CCC=C(C)C)O4)CN(CCC[C@@H](C(=O)O)N2Cc4c(cc(OC(=O)N5C([2H])([2H])C([2H])([2H])S(=O)C([2H])([2H])C5([2H])[2H])c5c4O[C@](C)(CC/C=C(\C)CCC=C(C)C)[C@@H](O)C5)C2=O)C3=O)C([2H])([2H])C([2H])([2H])S(=O)C1([2H])[2H]. The van der Waals surface area contributed by atoms with Crippen LogP contribution in [0.1, 0.15) is 185 Å². The standard InChI is InChI=1S/C61H82N4O14S2/c1-38(2)14-9-16-40(5)18-11-21-60(7)51(66)34-44-49(76-58(72)62-24-28-80(74)29-25-62)32-42-46(53(44)78-60)36-64(55(42)68)23-13-20-48(57(70)71)65-37-47-43(56(65)69)33-50(77-59(73)63-26-30-81(75)31-27-63)45-35-52(67)61(8,79-54(45)47)22-12-19-41(6)17-10-15-39(3)4/h14-15,18-19,32-33,48,51-52,66-67H,9-13,16-17,20-31,34-37H2,1-8H3,(H,70,71)/b40-18+,41-19+/t48-,51-,52-,60+,61+/m0/s1/i24D2,25D2,26D2,27D2,28D2,29D2,30D2,31D2. The van der Waals surface area contributed by atoms with E-state index in [9.17, 15) is 47.7 Å². The second-order valence-corrected chi connectivity index (χ2v) is 23.9. The number of hydrogen-bond donors (Lipinski definition) is 3. The van der Waals surface area contributed by atoms with Gasteiger partial charge in [-0.2, -0.15) is 0 Å². The van der Waals surface area contributed by atoms with Gasteiger partial charge in [0.05, 0.1) is 47.4 Å². The Hall–Kier alpha value is -5.83. The monoisotopic (exact) mass is 1170 g/mol. The summed E-state index contributed by atoms with van der Waals surface area (Å²) in [4.78, 5) is 72.8. The van der Waals surface area contributed by atoms with Crippen LogP contribution in [0.25, 0.3) is 0 Å². The molecular weight excluding hydrogens is 1080 g/mol. The third-order valence-electron chi connectivity index (χ3n) is 15.2. The minimum Gasteiger partial charge on any atom is -0.484 e. The van der Waals surface area contributed by atoms with Crippen molar-refractivity contribution >= 4 is 51.6 Å². The summed E-state index contributed by atoms with van der Waals surface area (Å²) in [5.74, 6) is -4.75. The summed E-state index contributed by atoms with van der Waals surface area (Å²) in [6.45, 7) is -1.29. The highest BCUT2D eigenvalue weighted by Gasteiger charge is 2.48. The van der Waals surface area contributed by atoms with Gasteiger partial charge in [-0.1, -0.05) is 46.6 Å². The number of carboxylic acid groups (broad SMARTS) is 1. The Bertz CT molecular complexity index is 3670. The Morgan fingerprint density at radius 1 is 0.679 bits per heavy atom. The number of aliphatic hydroxyl groups is 2. The molecule has 2 aromatic rings. The highest BCUT2D eigenvalue weighted by atomic mass is 32.2. The van der Waals surface area contributed by atoms with Gasteiger partial charge in [0.25, 0.3) is 11.8 Å². The van der Waals surface area contributed by atoms with Gasteiger partial charge < -0.3 is 53.9 Å². The van der Waals surface area contributed by atoms with E-state index in [4.69, 9.17) is 40.9 Å². The van der Waals surface area contributed by atoms with Gasteiger partial charge in [-0.05, 0) is 132 Å². The van der Waals surface area contributed by atoms with Crippen molar-refractivity contribution in [3.05, 3.63) is 92.1 Å². The predicted octanol–water partition coefficient (Wildman–Crippen LogP) is 8.71. The maximum Gasteiger partial charge on any atom is 0.415 e. The highest BCUT2D eigenvalue weighted by molar-refractivity contribution is 7.85. The molecule has 3 N–H and O–H groups in total. The van der Waals surface area contributed by atoms with E-state index < -0.39 is 164 Å². The van der Waals surface area contributed by atoms with E-state index in [2.05, 4.69) is 12.2 Å². The van der Waals surface area contributed by atoms with Crippen molar-refractivity contribution in [1.29, 1.82) is 0 Å². The number of amides is 4. The molecule has 6 aliphatic heterocycles. The molecule has 0 saturated carbocycles. The van der Waals surface area contributed by atoms with E-state index in [0.29, 0.717) is 12.8 Å². The summed E-state index contributed by atoms with van der Waals surface area (Å²) < 4.78 is 185. The Labute approximate surface area is 503 Å². The number of carbonyl (C=O) groups excluding carboxylic acids is 4. The Morgan fingerprint density at radius 3 is 1.54 bits per heavy atom. The van der Waals surface area contributed by atoms with Crippen LogP contribution in [0, 0.1) is 0 Å². The van der Waals surface area contributed by atoms with Crippen molar-refractivity contribution in [3.63, 3.8) is 0 Å². The van der Waals surface area contributed by atoms with Crippen molar-refractivity contribution in [2.75, 3.05) is 55.4 Å². The van der Waals surface area contributed by atoms with E-state index in [0.717, 1.165) is 65.0 Å². The fourth-order valence-corrected chi connectivity index (χ4v) is 11.3. The number of carboxylic acids is 1. The third-order valence-corrected chi connectivity index (χ3v) is 16.3. The lowest BCUT2D eigenvalue weighted by atomic mass is 9.84. The largest absolute Gasteiger partial charge is 0.484 e. The van der Waals surface area contributed by atoms with Gasteiger partial charge in [-0.15, -0.1) is 0 Å². The topological polar surface area (TPSA) is 230 Å². The van der Waals surface area contributed by atoms with Crippen molar-refractivity contribution < 1.29 is 88.6 Å². The fourth-order valence-electron chi connectivity index (χ4n) is 10.5. The van der Waals surface area contributed by atoms with Gasteiger partial charge in [0, 0.05) is 123 Å². The van der Waals surface area contributed by atoms with Gasteiger partial charge in [-0.25, -0.2) is 14.4 Å². The van der Waals surface area contributed by atoms with Crippen LogP contribution >= 0.6 is 0 Å². The fraction of sp³-hybridized carbons (Fsp3) is 0.590. The number of ether oxygens (including phenoxy) is 4. The average molecular weight is 1180 g/mol. The Morgan fingerprint density at radius 2 is 1.11 bits per heavy atom. The van der Waals surface area contributed by atoms with Crippen LogP contribution in [0.15, 0.2) is 58.7 Å². The zero-order chi connectivity index (χ0) is 72.8. The molecule has 8 rings (SSSR count). The minimum atomic E-state index is -3.85.